The Morgan fingerprint density at radius 1 is 1.18 bits per heavy atom. The number of rotatable bonds is 5. The molecule has 2 unspecified atom stereocenters. The smallest absolute Gasteiger partial charge is 0.315 e. The van der Waals surface area contributed by atoms with Crippen molar-refractivity contribution in [1.82, 2.24) is 15.5 Å². The second-order valence-corrected chi connectivity index (χ2v) is 7.31. The highest BCUT2D eigenvalue weighted by Crippen LogP contribution is 2.25. The second kappa shape index (κ2) is 8.73. The molecule has 5 nitrogen and oxygen atoms in total. The lowest BCUT2D eigenvalue weighted by Gasteiger charge is -2.41. The fourth-order valence-electron chi connectivity index (χ4n) is 3.60. The third-order valence-electron chi connectivity index (χ3n) is 5.03. The average Bonchev–Trinajstić information content (AvgIpc) is 2.48. The number of aliphatic hydroxyl groups excluding tert-OH is 1. The number of hydrogen-bond donors (Lipinski definition) is 3. The molecular formula is C17H33N3O2. The Kier molecular flexibility index (Phi) is 6.96. The number of nitrogens with one attached hydrogen (secondary N) is 2. The lowest BCUT2D eigenvalue weighted by atomic mass is 9.89. The van der Waals surface area contributed by atoms with Crippen molar-refractivity contribution in [3.8, 4) is 0 Å². The first-order chi connectivity index (χ1) is 10.6. The SMILES string of the molecule is CC(C)CCNC(=O)NC1CCN(C2CCCCC2O)CC1. The van der Waals surface area contributed by atoms with Crippen LogP contribution in [0.4, 0.5) is 4.79 Å². The Labute approximate surface area is 134 Å². The third kappa shape index (κ3) is 5.43. The number of nitrogens with zero attached hydrogens (tertiary/aromatic N) is 1. The molecule has 1 saturated carbocycles. The van der Waals surface area contributed by atoms with E-state index in [1.54, 1.807) is 0 Å². The molecule has 2 aliphatic rings. The number of aliphatic hydroxyl groups is 1. The fourth-order valence-corrected chi connectivity index (χ4v) is 3.60. The minimum absolute atomic E-state index is 0.0307. The molecule has 2 amide bonds. The molecule has 2 fully saturated rings. The van der Waals surface area contributed by atoms with E-state index in [-0.39, 0.29) is 18.2 Å². The van der Waals surface area contributed by atoms with Crippen LogP contribution in [0.1, 0.15) is 58.8 Å². The predicted octanol–water partition coefficient (Wildman–Crippen LogP) is 2.10. The topological polar surface area (TPSA) is 64.6 Å². The van der Waals surface area contributed by atoms with Gasteiger partial charge in [0.05, 0.1) is 6.10 Å². The summed E-state index contributed by atoms with van der Waals surface area (Å²) >= 11 is 0. The third-order valence-corrected chi connectivity index (χ3v) is 5.03. The average molecular weight is 311 g/mol. The van der Waals surface area contributed by atoms with Gasteiger partial charge in [0.1, 0.15) is 0 Å². The number of amides is 2. The van der Waals surface area contributed by atoms with Crippen LogP contribution in [-0.2, 0) is 0 Å². The molecule has 5 heteroatoms. The first-order valence-electron chi connectivity index (χ1n) is 9.02. The zero-order valence-corrected chi connectivity index (χ0v) is 14.2. The van der Waals surface area contributed by atoms with Gasteiger partial charge in [-0.2, -0.15) is 0 Å². The van der Waals surface area contributed by atoms with Gasteiger partial charge in [-0.15, -0.1) is 0 Å². The van der Waals surface area contributed by atoms with Crippen LogP contribution in [0.25, 0.3) is 0 Å². The Bertz CT molecular complexity index is 341. The Morgan fingerprint density at radius 3 is 2.50 bits per heavy atom. The Morgan fingerprint density at radius 2 is 1.86 bits per heavy atom. The molecule has 1 aliphatic carbocycles. The number of likely N-dealkylation sites (tertiary alicyclic amines) is 1. The van der Waals surface area contributed by atoms with Crippen molar-refractivity contribution in [3.63, 3.8) is 0 Å². The summed E-state index contributed by atoms with van der Waals surface area (Å²) in [6.07, 6.45) is 7.30. The van der Waals surface area contributed by atoms with Crippen molar-refractivity contribution >= 4 is 6.03 Å². The van der Waals surface area contributed by atoms with Gasteiger partial charge in [0, 0.05) is 31.7 Å². The van der Waals surface area contributed by atoms with E-state index in [9.17, 15) is 9.90 Å². The van der Waals surface area contributed by atoms with E-state index in [1.807, 2.05) is 0 Å². The van der Waals surface area contributed by atoms with Gasteiger partial charge in [-0.05, 0) is 38.0 Å². The monoisotopic (exact) mass is 311 g/mol. The Hall–Kier alpha value is -0.810. The van der Waals surface area contributed by atoms with Gasteiger partial charge < -0.3 is 15.7 Å². The fraction of sp³-hybridized carbons (Fsp3) is 0.941. The molecule has 2 rings (SSSR count). The van der Waals surface area contributed by atoms with Crippen molar-refractivity contribution in [2.75, 3.05) is 19.6 Å². The maximum atomic E-state index is 11.9. The summed E-state index contributed by atoms with van der Waals surface area (Å²) in [5, 5.41) is 16.2. The molecule has 0 aromatic heterocycles. The lowest BCUT2D eigenvalue weighted by molar-refractivity contribution is 0.00777. The number of urea groups is 1. The van der Waals surface area contributed by atoms with E-state index in [0.29, 0.717) is 12.0 Å². The van der Waals surface area contributed by atoms with Crippen LogP contribution in [0.15, 0.2) is 0 Å². The molecule has 0 spiro atoms. The van der Waals surface area contributed by atoms with Crippen molar-refractivity contribution in [3.05, 3.63) is 0 Å². The van der Waals surface area contributed by atoms with Gasteiger partial charge in [0.2, 0.25) is 0 Å². The first-order valence-corrected chi connectivity index (χ1v) is 9.02. The second-order valence-electron chi connectivity index (χ2n) is 7.31. The quantitative estimate of drug-likeness (QED) is 0.728. The molecule has 2 atom stereocenters. The molecule has 1 heterocycles. The van der Waals surface area contributed by atoms with E-state index >= 15 is 0 Å². The van der Waals surface area contributed by atoms with Gasteiger partial charge in [0.25, 0.3) is 0 Å². The summed E-state index contributed by atoms with van der Waals surface area (Å²) in [5.74, 6) is 0.616. The largest absolute Gasteiger partial charge is 0.391 e. The standard InChI is InChI=1S/C17H33N3O2/c1-13(2)7-10-18-17(22)19-14-8-11-20(12-9-14)15-5-3-4-6-16(15)21/h13-16,21H,3-12H2,1-2H3,(H2,18,19,22). The first kappa shape index (κ1) is 17.5. The van der Waals surface area contributed by atoms with Crippen LogP contribution in [0.3, 0.4) is 0 Å². The van der Waals surface area contributed by atoms with Crippen molar-refractivity contribution in [2.24, 2.45) is 5.92 Å². The summed E-state index contributed by atoms with van der Waals surface area (Å²) < 4.78 is 0. The van der Waals surface area contributed by atoms with Gasteiger partial charge in [-0.1, -0.05) is 26.7 Å². The molecular weight excluding hydrogens is 278 g/mol. The summed E-state index contributed by atoms with van der Waals surface area (Å²) in [7, 11) is 0. The summed E-state index contributed by atoms with van der Waals surface area (Å²) in [6, 6.07) is 0.586. The molecule has 1 aliphatic heterocycles. The van der Waals surface area contributed by atoms with E-state index in [0.717, 1.165) is 58.2 Å². The molecule has 128 valence electrons. The predicted molar refractivity (Wildman–Crippen MR) is 88.8 cm³/mol. The molecule has 0 bridgehead atoms. The maximum Gasteiger partial charge on any atom is 0.315 e. The molecule has 0 radical (unpaired) electrons. The maximum absolute atomic E-state index is 11.9. The summed E-state index contributed by atoms with van der Waals surface area (Å²) in [4.78, 5) is 14.3. The minimum atomic E-state index is -0.155. The highest BCUT2D eigenvalue weighted by Gasteiger charge is 2.31. The molecule has 3 N–H and O–H groups in total. The molecule has 0 aromatic rings. The van der Waals surface area contributed by atoms with Gasteiger partial charge in [-0.3, -0.25) is 4.90 Å². The van der Waals surface area contributed by atoms with Gasteiger partial charge in [-0.25, -0.2) is 4.79 Å². The minimum Gasteiger partial charge on any atom is -0.391 e. The zero-order valence-electron chi connectivity index (χ0n) is 14.2. The van der Waals surface area contributed by atoms with Crippen LogP contribution in [0, 0.1) is 5.92 Å². The van der Waals surface area contributed by atoms with E-state index in [1.165, 1.54) is 6.42 Å². The number of hydrogen-bond acceptors (Lipinski definition) is 3. The number of piperidine rings is 1. The van der Waals surface area contributed by atoms with E-state index in [2.05, 4.69) is 29.4 Å². The molecule has 22 heavy (non-hydrogen) atoms. The highest BCUT2D eigenvalue weighted by molar-refractivity contribution is 5.74. The number of carbonyl (C=O) groups excluding carboxylic acids is 1. The van der Waals surface area contributed by atoms with Crippen molar-refractivity contribution in [2.45, 2.75) is 77.0 Å². The Balaban J connectivity index is 1.65. The van der Waals surface area contributed by atoms with Gasteiger partial charge in [0.15, 0.2) is 0 Å². The summed E-state index contributed by atoms with van der Waals surface area (Å²) in [6.45, 7) is 7.04. The lowest BCUT2D eigenvalue weighted by Crippen LogP contribution is -2.53. The molecule has 0 aromatic carbocycles. The van der Waals surface area contributed by atoms with E-state index < -0.39 is 0 Å². The zero-order chi connectivity index (χ0) is 15.9. The highest BCUT2D eigenvalue weighted by atomic mass is 16.3. The van der Waals surface area contributed by atoms with Crippen molar-refractivity contribution in [1.29, 1.82) is 0 Å². The van der Waals surface area contributed by atoms with Gasteiger partial charge >= 0.3 is 6.03 Å². The van der Waals surface area contributed by atoms with Crippen LogP contribution in [-0.4, -0.2) is 53.9 Å². The van der Waals surface area contributed by atoms with Crippen LogP contribution in [0.5, 0.6) is 0 Å². The normalized spacial score (nSPS) is 27.8. The van der Waals surface area contributed by atoms with Crippen LogP contribution < -0.4 is 10.6 Å². The summed E-state index contributed by atoms with van der Waals surface area (Å²) in [5.41, 5.74) is 0. The van der Waals surface area contributed by atoms with Crippen LogP contribution in [0.2, 0.25) is 0 Å². The van der Waals surface area contributed by atoms with Crippen molar-refractivity contribution < 1.29 is 9.90 Å². The molecule has 1 saturated heterocycles. The van der Waals surface area contributed by atoms with Crippen LogP contribution >= 0.6 is 0 Å². The number of carbonyl (C=O) groups is 1. The van der Waals surface area contributed by atoms with E-state index in [4.69, 9.17) is 0 Å².